The minimum atomic E-state index is 0.720. The smallest absolute Gasteiger partial charge is 0.119 e. The van der Waals surface area contributed by atoms with Crippen molar-refractivity contribution in [2.75, 3.05) is 13.7 Å². The van der Waals surface area contributed by atoms with E-state index in [-0.39, 0.29) is 0 Å². The van der Waals surface area contributed by atoms with Gasteiger partial charge < -0.3 is 10.5 Å². The van der Waals surface area contributed by atoms with Gasteiger partial charge in [0.25, 0.3) is 0 Å². The predicted octanol–water partition coefficient (Wildman–Crippen LogP) is 2.00. The summed E-state index contributed by atoms with van der Waals surface area (Å²) in [6.45, 7) is 2.75. The number of aliphatic imine (C=N–C) groups is 1. The van der Waals surface area contributed by atoms with Gasteiger partial charge >= 0.3 is 0 Å². The van der Waals surface area contributed by atoms with E-state index in [4.69, 9.17) is 10.5 Å². The van der Waals surface area contributed by atoms with E-state index in [9.17, 15) is 0 Å². The van der Waals surface area contributed by atoms with Gasteiger partial charge in [0.2, 0.25) is 0 Å². The summed E-state index contributed by atoms with van der Waals surface area (Å²) < 4.78 is 5.14. The molecule has 0 aliphatic rings. The monoisotopic (exact) mass is 206 g/mol. The Bertz CT molecular complexity index is 334. The molecule has 1 aromatic carbocycles. The van der Waals surface area contributed by atoms with Gasteiger partial charge in [0.05, 0.1) is 12.9 Å². The highest BCUT2D eigenvalue weighted by molar-refractivity contribution is 5.79. The molecule has 0 unspecified atom stereocenters. The van der Waals surface area contributed by atoms with Crippen molar-refractivity contribution in [2.24, 2.45) is 10.7 Å². The molecular formula is C12H18N2O. The number of hydrogen-bond acceptors (Lipinski definition) is 2. The van der Waals surface area contributed by atoms with E-state index in [2.05, 4.69) is 11.1 Å². The van der Waals surface area contributed by atoms with Crippen LogP contribution in [0, 0.1) is 0 Å². The maximum Gasteiger partial charge on any atom is 0.119 e. The van der Waals surface area contributed by atoms with Crippen molar-refractivity contribution in [2.45, 2.75) is 19.8 Å². The molecule has 0 aromatic heterocycles. The van der Waals surface area contributed by atoms with Crippen molar-refractivity contribution in [3.63, 3.8) is 0 Å². The third-order valence-electron chi connectivity index (χ3n) is 2.21. The zero-order chi connectivity index (χ0) is 11.1. The molecule has 0 heterocycles. The van der Waals surface area contributed by atoms with Crippen LogP contribution in [0.15, 0.2) is 29.3 Å². The van der Waals surface area contributed by atoms with Crippen LogP contribution < -0.4 is 10.5 Å². The first-order valence-electron chi connectivity index (χ1n) is 5.18. The van der Waals surface area contributed by atoms with Crippen LogP contribution in [-0.2, 0) is 6.42 Å². The molecule has 82 valence electrons. The minimum absolute atomic E-state index is 0.720. The molecule has 3 heteroatoms. The highest BCUT2D eigenvalue weighted by Gasteiger charge is 1.95. The number of amidine groups is 1. The molecule has 0 amide bonds. The Morgan fingerprint density at radius 1 is 1.47 bits per heavy atom. The molecule has 2 N–H and O–H groups in total. The normalized spacial score (nSPS) is 11.5. The molecule has 0 saturated carbocycles. The largest absolute Gasteiger partial charge is 0.497 e. The van der Waals surface area contributed by atoms with E-state index in [0.29, 0.717) is 0 Å². The molecule has 0 saturated heterocycles. The van der Waals surface area contributed by atoms with Crippen molar-refractivity contribution in [3.8, 4) is 5.75 Å². The summed E-state index contributed by atoms with van der Waals surface area (Å²) in [5.41, 5.74) is 6.84. The number of rotatable bonds is 5. The van der Waals surface area contributed by atoms with E-state index >= 15 is 0 Å². The van der Waals surface area contributed by atoms with E-state index in [1.165, 1.54) is 5.56 Å². The summed E-state index contributed by atoms with van der Waals surface area (Å²) in [4.78, 5) is 4.25. The molecule has 0 bridgehead atoms. The van der Waals surface area contributed by atoms with Crippen LogP contribution in [0.25, 0.3) is 0 Å². The average Bonchev–Trinajstić information content (AvgIpc) is 2.29. The quantitative estimate of drug-likeness (QED) is 0.591. The van der Waals surface area contributed by atoms with Crippen LogP contribution in [0.3, 0.4) is 0 Å². The van der Waals surface area contributed by atoms with E-state index in [1.807, 2.05) is 25.1 Å². The lowest BCUT2D eigenvalue weighted by atomic mass is 10.1. The lowest BCUT2D eigenvalue weighted by molar-refractivity contribution is 0.414. The van der Waals surface area contributed by atoms with Crippen molar-refractivity contribution in [3.05, 3.63) is 29.8 Å². The highest BCUT2D eigenvalue weighted by atomic mass is 16.5. The van der Waals surface area contributed by atoms with Crippen LogP contribution in [0.4, 0.5) is 0 Å². The first-order valence-corrected chi connectivity index (χ1v) is 5.18. The Hall–Kier alpha value is -1.51. The van der Waals surface area contributed by atoms with Gasteiger partial charge in [0.1, 0.15) is 5.75 Å². The van der Waals surface area contributed by atoms with Gasteiger partial charge in [0, 0.05) is 13.0 Å². The molecule has 0 radical (unpaired) electrons. The topological polar surface area (TPSA) is 47.6 Å². The van der Waals surface area contributed by atoms with Crippen LogP contribution in [-0.4, -0.2) is 19.5 Å². The summed E-state index contributed by atoms with van der Waals surface area (Å²) in [5, 5.41) is 0. The first kappa shape index (κ1) is 11.6. The third-order valence-corrected chi connectivity index (χ3v) is 2.21. The maximum atomic E-state index is 5.62. The fraction of sp³-hybridized carbons (Fsp3) is 0.417. The lowest BCUT2D eigenvalue weighted by Gasteiger charge is -2.03. The predicted molar refractivity (Wildman–Crippen MR) is 63.5 cm³/mol. The second-order valence-corrected chi connectivity index (χ2v) is 3.33. The number of nitrogens with two attached hydrogens (primary N) is 1. The van der Waals surface area contributed by atoms with Crippen molar-refractivity contribution in [1.82, 2.24) is 0 Å². The Morgan fingerprint density at radius 2 is 2.27 bits per heavy atom. The fourth-order valence-corrected chi connectivity index (χ4v) is 1.27. The third kappa shape index (κ3) is 4.02. The van der Waals surface area contributed by atoms with Gasteiger partial charge in [-0.15, -0.1) is 0 Å². The van der Waals surface area contributed by atoms with Crippen LogP contribution in [0.1, 0.15) is 18.9 Å². The second-order valence-electron chi connectivity index (χ2n) is 3.33. The summed E-state index contributed by atoms with van der Waals surface area (Å²) in [5.74, 6) is 1.61. The molecule has 0 aliphatic carbocycles. The molecule has 0 spiro atoms. The van der Waals surface area contributed by atoms with Gasteiger partial charge in [-0.05, 0) is 24.1 Å². The SMILES string of the molecule is CCC(N)=NCCc1cccc(OC)c1. The fourth-order valence-electron chi connectivity index (χ4n) is 1.27. The molecule has 0 atom stereocenters. The summed E-state index contributed by atoms with van der Waals surface area (Å²) in [6.07, 6.45) is 1.72. The summed E-state index contributed by atoms with van der Waals surface area (Å²) in [7, 11) is 1.67. The van der Waals surface area contributed by atoms with Gasteiger partial charge in [0.15, 0.2) is 0 Å². The zero-order valence-corrected chi connectivity index (χ0v) is 9.36. The number of methoxy groups -OCH3 is 1. The minimum Gasteiger partial charge on any atom is -0.497 e. The van der Waals surface area contributed by atoms with Crippen molar-refractivity contribution < 1.29 is 4.74 Å². The Kier molecular flexibility index (Phi) is 4.68. The molecule has 15 heavy (non-hydrogen) atoms. The molecule has 1 aromatic rings. The molecule has 3 nitrogen and oxygen atoms in total. The van der Waals surface area contributed by atoms with Gasteiger partial charge in [-0.1, -0.05) is 19.1 Å². The Morgan fingerprint density at radius 3 is 2.93 bits per heavy atom. The molecule has 0 aliphatic heterocycles. The summed E-state index contributed by atoms with van der Waals surface area (Å²) >= 11 is 0. The molecular weight excluding hydrogens is 188 g/mol. The van der Waals surface area contributed by atoms with E-state index in [0.717, 1.165) is 31.0 Å². The van der Waals surface area contributed by atoms with E-state index in [1.54, 1.807) is 7.11 Å². The number of benzene rings is 1. The standard InChI is InChI=1S/C12H18N2O/c1-3-12(13)14-8-7-10-5-4-6-11(9-10)15-2/h4-6,9H,3,7-8H2,1-2H3,(H2,13,14). The molecule has 1 rings (SSSR count). The van der Waals surface area contributed by atoms with Crippen molar-refractivity contribution >= 4 is 5.84 Å². The molecule has 0 fully saturated rings. The lowest BCUT2D eigenvalue weighted by Crippen LogP contribution is -2.10. The Balaban J connectivity index is 2.50. The zero-order valence-electron chi connectivity index (χ0n) is 9.36. The first-order chi connectivity index (χ1) is 7.26. The number of ether oxygens (including phenoxy) is 1. The van der Waals surface area contributed by atoms with Crippen LogP contribution in [0.5, 0.6) is 5.75 Å². The highest BCUT2D eigenvalue weighted by Crippen LogP contribution is 2.12. The van der Waals surface area contributed by atoms with Gasteiger partial charge in [-0.3, -0.25) is 4.99 Å². The summed E-state index contributed by atoms with van der Waals surface area (Å²) in [6, 6.07) is 8.02. The second kappa shape index (κ2) is 6.06. The van der Waals surface area contributed by atoms with Crippen LogP contribution >= 0.6 is 0 Å². The van der Waals surface area contributed by atoms with Gasteiger partial charge in [-0.25, -0.2) is 0 Å². The van der Waals surface area contributed by atoms with Gasteiger partial charge in [-0.2, -0.15) is 0 Å². The number of hydrogen-bond donors (Lipinski definition) is 1. The van der Waals surface area contributed by atoms with E-state index < -0.39 is 0 Å². The van der Waals surface area contributed by atoms with Crippen LogP contribution in [0.2, 0.25) is 0 Å². The Labute approximate surface area is 91.0 Å². The van der Waals surface area contributed by atoms with Crippen molar-refractivity contribution in [1.29, 1.82) is 0 Å². The average molecular weight is 206 g/mol. The number of nitrogens with zero attached hydrogens (tertiary/aromatic N) is 1. The maximum absolute atomic E-state index is 5.62.